The summed E-state index contributed by atoms with van der Waals surface area (Å²) in [5.41, 5.74) is 2.88. The van der Waals surface area contributed by atoms with Gasteiger partial charge in [0.15, 0.2) is 9.84 Å². The first-order valence-electron chi connectivity index (χ1n) is 6.77. The van der Waals surface area contributed by atoms with Crippen LogP contribution in [0.1, 0.15) is 24.5 Å². The standard InChI is InChI=1S/C14H20N2O3S/c1-3-11-6-4-5-10(2)13(11)16-14(17)15-12-7-8-20(18,19)9-12/h4-6,12H,3,7-9H2,1-2H3,(H2,15,16,17)/t12-/m1/s1. The van der Waals surface area contributed by atoms with Gasteiger partial charge in [-0.2, -0.15) is 0 Å². The molecule has 1 aromatic carbocycles. The second-order valence-corrected chi connectivity index (χ2v) is 7.39. The summed E-state index contributed by atoms with van der Waals surface area (Å²) < 4.78 is 22.7. The molecule has 0 spiro atoms. The van der Waals surface area contributed by atoms with Gasteiger partial charge in [-0.15, -0.1) is 0 Å². The number of carbonyl (C=O) groups is 1. The number of anilines is 1. The molecule has 0 radical (unpaired) electrons. The quantitative estimate of drug-likeness (QED) is 0.894. The summed E-state index contributed by atoms with van der Waals surface area (Å²) in [5, 5.41) is 5.57. The maximum Gasteiger partial charge on any atom is 0.319 e. The normalized spacial score (nSPS) is 20.6. The SMILES string of the molecule is CCc1cccc(C)c1NC(=O)N[C@@H]1CCS(=O)(=O)C1. The third kappa shape index (κ3) is 3.50. The van der Waals surface area contributed by atoms with Gasteiger partial charge < -0.3 is 10.6 Å². The molecule has 1 aromatic rings. The van der Waals surface area contributed by atoms with E-state index in [1.54, 1.807) is 0 Å². The van der Waals surface area contributed by atoms with Crippen molar-refractivity contribution in [1.29, 1.82) is 0 Å². The van der Waals surface area contributed by atoms with Crippen LogP contribution in [0.15, 0.2) is 18.2 Å². The lowest BCUT2D eigenvalue weighted by Gasteiger charge is -2.16. The van der Waals surface area contributed by atoms with Crippen molar-refractivity contribution in [2.75, 3.05) is 16.8 Å². The van der Waals surface area contributed by atoms with Gasteiger partial charge >= 0.3 is 6.03 Å². The minimum Gasteiger partial charge on any atom is -0.334 e. The number of benzene rings is 1. The van der Waals surface area contributed by atoms with Crippen LogP contribution in [-0.4, -0.2) is 32.0 Å². The van der Waals surface area contributed by atoms with Gasteiger partial charge in [-0.1, -0.05) is 25.1 Å². The maximum atomic E-state index is 12.0. The number of nitrogens with one attached hydrogen (secondary N) is 2. The van der Waals surface area contributed by atoms with E-state index in [0.29, 0.717) is 6.42 Å². The first kappa shape index (κ1) is 14.8. The minimum atomic E-state index is -2.98. The van der Waals surface area contributed by atoms with Gasteiger partial charge in [-0.05, 0) is 30.9 Å². The fraction of sp³-hybridized carbons (Fsp3) is 0.500. The van der Waals surface area contributed by atoms with Crippen LogP contribution in [0.5, 0.6) is 0 Å². The summed E-state index contributed by atoms with van der Waals surface area (Å²) >= 11 is 0. The number of rotatable bonds is 3. The zero-order valence-electron chi connectivity index (χ0n) is 11.8. The molecule has 1 heterocycles. The highest BCUT2D eigenvalue weighted by molar-refractivity contribution is 7.91. The Morgan fingerprint density at radius 2 is 2.15 bits per heavy atom. The fourth-order valence-electron chi connectivity index (χ4n) is 2.45. The molecule has 1 fully saturated rings. The molecule has 110 valence electrons. The van der Waals surface area contributed by atoms with E-state index in [1.165, 1.54) is 0 Å². The summed E-state index contributed by atoms with van der Waals surface area (Å²) in [6.45, 7) is 3.97. The highest BCUT2D eigenvalue weighted by Crippen LogP contribution is 2.21. The van der Waals surface area contributed by atoms with Crippen LogP contribution in [0.25, 0.3) is 0 Å². The average Bonchev–Trinajstić information content (AvgIpc) is 2.71. The van der Waals surface area contributed by atoms with Gasteiger partial charge in [-0.3, -0.25) is 0 Å². The second-order valence-electron chi connectivity index (χ2n) is 5.16. The van der Waals surface area contributed by atoms with E-state index in [4.69, 9.17) is 0 Å². The molecule has 1 saturated heterocycles. The van der Waals surface area contributed by atoms with E-state index < -0.39 is 9.84 Å². The Bertz CT molecular complexity index is 611. The Labute approximate surface area is 119 Å². The predicted octanol–water partition coefficient (Wildman–Crippen LogP) is 1.87. The number of aryl methyl sites for hydroxylation is 2. The summed E-state index contributed by atoms with van der Waals surface area (Å²) in [4.78, 5) is 12.0. The van der Waals surface area contributed by atoms with Crippen molar-refractivity contribution in [3.8, 4) is 0 Å². The fourth-order valence-corrected chi connectivity index (χ4v) is 4.12. The number of amides is 2. The van der Waals surface area contributed by atoms with Crippen molar-refractivity contribution in [3.05, 3.63) is 29.3 Å². The van der Waals surface area contributed by atoms with E-state index >= 15 is 0 Å². The lowest BCUT2D eigenvalue weighted by Crippen LogP contribution is -2.38. The smallest absolute Gasteiger partial charge is 0.319 e. The topological polar surface area (TPSA) is 75.3 Å². The lowest BCUT2D eigenvalue weighted by molar-refractivity contribution is 0.249. The largest absolute Gasteiger partial charge is 0.334 e. The molecule has 2 N–H and O–H groups in total. The average molecular weight is 296 g/mol. The summed E-state index contributed by atoms with van der Waals surface area (Å²) in [6, 6.07) is 5.25. The minimum absolute atomic E-state index is 0.0365. The van der Waals surface area contributed by atoms with Crippen molar-refractivity contribution < 1.29 is 13.2 Å². The molecule has 2 rings (SSSR count). The van der Waals surface area contributed by atoms with Crippen molar-refractivity contribution in [3.63, 3.8) is 0 Å². The van der Waals surface area contributed by atoms with Gasteiger partial charge in [0.05, 0.1) is 11.5 Å². The first-order chi connectivity index (χ1) is 9.41. The number of hydrogen-bond donors (Lipinski definition) is 2. The Balaban J connectivity index is 2.02. The van der Waals surface area contributed by atoms with Crippen LogP contribution in [0, 0.1) is 6.92 Å². The predicted molar refractivity (Wildman–Crippen MR) is 79.8 cm³/mol. The molecule has 6 heteroatoms. The molecule has 1 atom stereocenters. The number of hydrogen-bond acceptors (Lipinski definition) is 3. The second kappa shape index (κ2) is 5.83. The zero-order chi connectivity index (χ0) is 14.8. The van der Waals surface area contributed by atoms with Gasteiger partial charge in [0.1, 0.15) is 0 Å². The number of carbonyl (C=O) groups excluding carboxylic acids is 1. The van der Waals surface area contributed by atoms with E-state index in [1.807, 2.05) is 32.0 Å². The van der Waals surface area contributed by atoms with Crippen molar-refractivity contribution in [2.45, 2.75) is 32.7 Å². The van der Waals surface area contributed by atoms with E-state index in [-0.39, 0.29) is 23.6 Å². The van der Waals surface area contributed by atoms with Gasteiger partial charge in [0.2, 0.25) is 0 Å². The van der Waals surface area contributed by atoms with Crippen molar-refractivity contribution in [1.82, 2.24) is 5.32 Å². The molecule has 20 heavy (non-hydrogen) atoms. The van der Waals surface area contributed by atoms with Crippen LogP contribution in [0.4, 0.5) is 10.5 Å². The number of urea groups is 1. The zero-order valence-corrected chi connectivity index (χ0v) is 12.6. The van der Waals surface area contributed by atoms with Crippen LogP contribution in [0.3, 0.4) is 0 Å². The monoisotopic (exact) mass is 296 g/mol. The molecular formula is C14H20N2O3S. The lowest BCUT2D eigenvalue weighted by atomic mass is 10.1. The van der Waals surface area contributed by atoms with Gasteiger partial charge in [0, 0.05) is 11.7 Å². The molecule has 0 unspecified atom stereocenters. The molecule has 0 aromatic heterocycles. The summed E-state index contributed by atoms with van der Waals surface area (Å²) in [7, 11) is -2.98. The number of para-hydroxylation sites is 1. The van der Waals surface area contributed by atoms with Crippen LogP contribution < -0.4 is 10.6 Å². The molecule has 0 bridgehead atoms. The Morgan fingerprint density at radius 3 is 2.75 bits per heavy atom. The maximum absolute atomic E-state index is 12.0. The van der Waals surface area contributed by atoms with Crippen LogP contribution >= 0.6 is 0 Å². The third-order valence-electron chi connectivity index (χ3n) is 3.55. The molecule has 1 aliphatic rings. The highest BCUT2D eigenvalue weighted by atomic mass is 32.2. The Morgan fingerprint density at radius 1 is 1.40 bits per heavy atom. The van der Waals surface area contributed by atoms with E-state index in [0.717, 1.165) is 23.2 Å². The number of sulfone groups is 1. The van der Waals surface area contributed by atoms with E-state index in [2.05, 4.69) is 10.6 Å². The third-order valence-corrected chi connectivity index (χ3v) is 5.31. The molecule has 2 amide bonds. The van der Waals surface area contributed by atoms with Gasteiger partial charge in [-0.25, -0.2) is 13.2 Å². The van der Waals surface area contributed by atoms with Crippen LogP contribution in [-0.2, 0) is 16.3 Å². The molecule has 5 nitrogen and oxygen atoms in total. The Kier molecular flexibility index (Phi) is 4.32. The summed E-state index contributed by atoms with van der Waals surface area (Å²) in [6.07, 6.45) is 1.32. The molecule has 0 saturated carbocycles. The highest BCUT2D eigenvalue weighted by Gasteiger charge is 2.29. The first-order valence-corrected chi connectivity index (χ1v) is 8.60. The molecular weight excluding hydrogens is 276 g/mol. The molecule has 1 aliphatic heterocycles. The van der Waals surface area contributed by atoms with Crippen molar-refractivity contribution in [2.24, 2.45) is 0 Å². The van der Waals surface area contributed by atoms with Crippen LogP contribution in [0.2, 0.25) is 0 Å². The van der Waals surface area contributed by atoms with Crippen molar-refractivity contribution >= 4 is 21.6 Å². The molecule has 0 aliphatic carbocycles. The van der Waals surface area contributed by atoms with E-state index in [9.17, 15) is 13.2 Å². The summed E-state index contributed by atoms with van der Waals surface area (Å²) in [5.74, 6) is 0.192. The Hall–Kier alpha value is -1.56. The van der Waals surface area contributed by atoms with Gasteiger partial charge in [0.25, 0.3) is 0 Å².